The predicted molar refractivity (Wildman–Crippen MR) is 137 cm³/mol. The number of benzene rings is 2. The number of hydrogen-bond acceptors (Lipinski definition) is 8. The average molecular weight is 513 g/mol. The maximum atomic E-state index is 13.3. The Morgan fingerprint density at radius 1 is 1.17 bits per heavy atom. The topological polar surface area (TPSA) is 192 Å². The highest BCUT2D eigenvalue weighted by molar-refractivity contribution is 6.32. The molecule has 2 aromatic carbocycles. The Kier molecular flexibility index (Phi) is 7.92. The molecule has 0 bridgehead atoms. The van der Waals surface area contributed by atoms with E-state index in [0.717, 1.165) is 10.1 Å². The number of nitrogens with zero attached hydrogens (tertiary/aromatic N) is 3. The molecule has 0 radical (unpaired) electrons. The predicted octanol–water partition coefficient (Wildman–Crippen LogP) is 1.33. The van der Waals surface area contributed by atoms with Crippen LogP contribution in [0.1, 0.15) is 21.5 Å². The molecule has 188 valence electrons. The number of aromatic nitrogens is 2. The summed E-state index contributed by atoms with van der Waals surface area (Å²) in [6, 6.07) is 10.8. The van der Waals surface area contributed by atoms with Crippen LogP contribution in [0.3, 0.4) is 0 Å². The van der Waals surface area contributed by atoms with Crippen molar-refractivity contribution >= 4 is 40.8 Å². The number of nitrogens with one attached hydrogen (secondary N) is 3. The van der Waals surface area contributed by atoms with E-state index in [0.29, 0.717) is 5.56 Å². The van der Waals surface area contributed by atoms with Crippen molar-refractivity contribution in [1.82, 2.24) is 19.9 Å². The van der Waals surface area contributed by atoms with Crippen molar-refractivity contribution in [2.45, 2.75) is 13.1 Å². The van der Waals surface area contributed by atoms with E-state index in [-0.39, 0.29) is 45.9 Å². The van der Waals surface area contributed by atoms with E-state index in [1.54, 1.807) is 38.4 Å². The highest BCUT2D eigenvalue weighted by Gasteiger charge is 2.21. The molecule has 3 rings (SSSR count). The molecule has 3 aromatic rings. The van der Waals surface area contributed by atoms with Gasteiger partial charge in [-0.05, 0) is 23.8 Å². The van der Waals surface area contributed by atoms with Crippen LogP contribution >= 0.6 is 11.6 Å². The molecule has 0 spiro atoms. The van der Waals surface area contributed by atoms with Crippen LogP contribution in [0, 0.1) is 5.41 Å². The minimum atomic E-state index is -1.22. The Balaban J connectivity index is 1.99. The molecular weight excluding hydrogens is 488 g/mol. The van der Waals surface area contributed by atoms with Crippen molar-refractivity contribution in [1.29, 1.82) is 5.41 Å². The average Bonchev–Trinajstić information content (AvgIpc) is 2.80. The number of aromatic carboxylic acids is 1. The van der Waals surface area contributed by atoms with E-state index >= 15 is 0 Å². The van der Waals surface area contributed by atoms with Crippen LogP contribution in [0.2, 0.25) is 5.15 Å². The molecule has 12 nitrogen and oxygen atoms in total. The summed E-state index contributed by atoms with van der Waals surface area (Å²) in [5, 5.41) is 20.9. The van der Waals surface area contributed by atoms with Gasteiger partial charge in [0.1, 0.15) is 12.4 Å². The van der Waals surface area contributed by atoms with E-state index in [1.165, 1.54) is 23.2 Å². The Morgan fingerprint density at radius 2 is 1.83 bits per heavy atom. The van der Waals surface area contributed by atoms with Gasteiger partial charge in [0, 0.05) is 37.5 Å². The lowest BCUT2D eigenvalue weighted by atomic mass is 10.1. The van der Waals surface area contributed by atoms with Crippen LogP contribution in [-0.2, 0) is 17.9 Å². The van der Waals surface area contributed by atoms with Crippen molar-refractivity contribution in [2.75, 3.05) is 25.3 Å². The number of halogens is 1. The van der Waals surface area contributed by atoms with Gasteiger partial charge in [-0.25, -0.2) is 14.8 Å². The first-order chi connectivity index (χ1) is 17.0. The second-order valence-corrected chi connectivity index (χ2v) is 8.39. The quantitative estimate of drug-likeness (QED) is 0.106. The molecule has 36 heavy (non-hydrogen) atoms. The summed E-state index contributed by atoms with van der Waals surface area (Å²) in [7, 11) is 3.29. The molecule has 1 heterocycles. The lowest BCUT2D eigenvalue weighted by Crippen LogP contribution is -2.36. The van der Waals surface area contributed by atoms with Crippen molar-refractivity contribution in [3.63, 3.8) is 0 Å². The maximum absolute atomic E-state index is 13.3. The van der Waals surface area contributed by atoms with Crippen molar-refractivity contribution in [3.05, 3.63) is 74.7 Å². The third kappa shape index (κ3) is 6.17. The summed E-state index contributed by atoms with van der Waals surface area (Å²) in [5.74, 6) is -1.92. The number of amides is 1. The molecule has 0 saturated heterocycles. The standard InChI is InChI=1S/C23H25ClN8O4/c1-31(2)30-21-22(34)32(11-17(33)28-10-12-3-5-13(6-4-12)20(26)27)18(19(24)29-21)14-7-15(23(35)36)9-16(25)8-14/h3-9H,10-11,25H2,1-2H3,(H3,26,27)(H,28,33)(H,29,30)(H,35,36). The first-order valence-electron chi connectivity index (χ1n) is 10.5. The number of carbonyl (C=O) groups excluding carboxylic acids is 1. The summed E-state index contributed by atoms with van der Waals surface area (Å²) >= 11 is 6.43. The molecule has 0 fully saturated rings. The Bertz CT molecular complexity index is 1390. The number of amidine groups is 1. The van der Waals surface area contributed by atoms with Gasteiger partial charge in [0.25, 0.3) is 5.56 Å². The number of nitrogen functional groups attached to an aromatic ring is 2. The summed E-state index contributed by atoms with van der Waals surface area (Å²) in [6.45, 7) is -0.272. The van der Waals surface area contributed by atoms with Gasteiger partial charge < -0.3 is 21.9 Å². The van der Waals surface area contributed by atoms with Gasteiger partial charge in [0.2, 0.25) is 11.7 Å². The third-order valence-corrected chi connectivity index (χ3v) is 5.25. The van der Waals surface area contributed by atoms with Gasteiger partial charge in [-0.2, -0.15) is 0 Å². The molecular formula is C23H25ClN8O4. The molecule has 1 aromatic heterocycles. The number of anilines is 2. The number of carboxylic acids is 1. The minimum absolute atomic E-state index is 0.0433. The molecule has 0 atom stereocenters. The molecule has 8 N–H and O–H groups in total. The van der Waals surface area contributed by atoms with Crippen LogP contribution in [-0.4, -0.2) is 51.5 Å². The largest absolute Gasteiger partial charge is 0.478 e. The summed E-state index contributed by atoms with van der Waals surface area (Å²) in [6.07, 6.45) is 0. The number of hydrazine groups is 1. The van der Waals surface area contributed by atoms with Gasteiger partial charge in [-0.3, -0.25) is 25.0 Å². The maximum Gasteiger partial charge on any atom is 0.335 e. The Morgan fingerprint density at radius 3 is 2.42 bits per heavy atom. The van der Waals surface area contributed by atoms with E-state index in [9.17, 15) is 19.5 Å². The van der Waals surface area contributed by atoms with Gasteiger partial charge in [-0.1, -0.05) is 35.9 Å². The van der Waals surface area contributed by atoms with Crippen LogP contribution in [0.5, 0.6) is 0 Å². The van der Waals surface area contributed by atoms with Crippen molar-refractivity contribution in [3.8, 4) is 11.3 Å². The third-order valence-electron chi connectivity index (χ3n) is 4.98. The molecule has 0 saturated carbocycles. The van der Waals surface area contributed by atoms with E-state index in [2.05, 4.69) is 15.7 Å². The van der Waals surface area contributed by atoms with Gasteiger partial charge in [0.05, 0.1) is 11.3 Å². The molecule has 1 amide bonds. The minimum Gasteiger partial charge on any atom is -0.478 e. The normalized spacial score (nSPS) is 10.8. The van der Waals surface area contributed by atoms with E-state index < -0.39 is 24.0 Å². The molecule has 13 heteroatoms. The monoisotopic (exact) mass is 512 g/mol. The SMILES string of the molecule is CN(C)Nc1nc(Cl)c(-c2cc(N)cc(C(=O)O)c2)n(CC(=O)NCc2ccc(C(=N)N)cc2)c1=O. The molecule has 0 unspecified atom stereocenters. The van der Waals surface area contributed by atoms with Gasteiger partial charge in [0.15, 0.2) is 5.15 Å². The summed E-state index contributed by atoms with van der Waals surface area (Å²) in [4.78, 5) is 41.7. The van der Waals surface area contributed by atoms with Crippen molar-refractivity contribution < 1.29 is 14.7 Å². The van der Waals surface area contributed by atoms with Gasteiger partial charge >= 0.3 is 5.97 Å². The first kappa shape index (κ1) is 26.2. The zero-order valence-corrected chi connectivity index (χ0v) is 20.3. The smallest absolute Gasteiger partial charge is 0.335 e. The number of hydrogen-bond donors (Lipinski definition) is 6. The van der Waals surface area contributed by atoms with E-state index in [1.807, 2.05) is 0 Å². The fourth-order valence-corrected chi connectivity index (χ4v) is 3.66. The van der Waals surface area contributed by atoms with Crippen molar-refractivity contribution in [2.24, 2.45) is 5.73 Å². The fourth-order valence-electron chi connectivity index (χ4n) is 3.36. The molecule has 0 aliphatic rings. The lowest BCUT2D eigenvalue weighted by molar-refractivity contribution is -0.121. The molecule has 0 aliphatic carbocycles. The lowest BCUT2D eigenvalue weighted by Gasteiger charge is -2.19. The second kappa shape index (κ2) is 10.9. The summed E-state index contributed by atoms with van der Waals surface area (Å²) < 4.78 is 1.11. The van der Waals surface area contributed by atoms with Crippen LogP contribution < -0.4 is 27.8 Å². The Hall–Kier alpha value is -4.42. The van der Waals surface area contributed by atoms with Crippen LogP contribution in [0.4, 0.5) is 11.5 Å². The summed E-state index contributed by atoms with van der Waals surface area (Å²) in [5.41, 5.74) is 15.0. The van der Waals surface area contributed by atoms with Crippen LogP contribution in [0.15, 0.2) is 47.3 Å². The zero-order chi connectivity index (χ0) is 26.6. The highest BCUT2D eigenvalue weighted by Crippen LogP contribution is 2.29. The van der Waals surface area contributed by atoms with Crippen LogP contribution in [0.25, 0.3) is 11.3 Å². The molecule has 0 aliphatic heterocycles. The number of rotatable bonds is 9. The number of carboxylic acid groups (broad SMARTS) is 1. The van der Waals surface area contributed by atoms with Gasteiger partial charge in [-0.15, -0.1) is 0 Å². The zero-order valence-electron chi connectivity index (χ0n) is 19.5. The second-order valence-electron chi connectivity index (χ2n) is 8.03. The first-order valence-corrected chi connectivity index (χ1v) is 10.9. The number of nitrogens with two attached hydrogens (primary N) is 2. The number of carbonyl (C=O) groups is 2. The Labute approximate surface area is 211 Å². The van der Waals surface area contributed by atoms with E-state index in [4.69, 9.17) is 28.5 Å². The highest BCUT2D eigenvalue weighted by atomic mass is 35.5. The fraction of sp³-hybridized carbons (Fsp3) is 0.174.